The predicted octanol–water partition coefficient (Wildman–Crippen LogP) is 5.02. The first-order chi connectivity index (χ1) is 19.1. The highest BCUT2D eigenvalue weighted by atomic mass is 19.4. The number of likely N-dealkylation sites (N-methyl/N-ethyl adjacent to an activating group) is 1. The van der Waals surface area contributed by atoms with Crippen molar-refractivity contribution in [3.8, 4) is 5.75 Å². The summed E-state index contributed by atoms with van der Waals surface area (Å²) in [7, 11) is 1.85. The quantitative estimate of drug-likeness (QED) is 0.447. The molecule has 1 spiro atoms. The number of hydrogen-bond acceptors (Lipinski definition) is 5. The van der Waals surface area contributed by atoms with Crippen molar-refractivity contribution in [1.29, 1.82) is 0 Å². The summed E-state index contributed by atoms with van der Waals surface area (Å²) in [4.78, 5) is 34.4. The van der Waals surface area contributed by atoms with Crippen molar-refractivity contribution in [3.05, 3.63) is 89.5 Å². The van der Waals surface area contributed by atoms with Crippen LogP contribution in [0.3, 0.4) is 0 Å². The van der Waals surface area contributed by atoms with Crippen molar-refractivity contribution in [3.63, 3.8) is 0 Å². The minimum atomic E-state index is -4.75. The number of anilines is 2. The van der Waals surface area contributed by atoms with Crippen molar-refractivity contribution in [1.82, 2.24) is 9.80 Å². The zero-order valence-electron chi connectivity index (χ0n) is 22.0. The summed E-state index contributed by atoms with van der Waals surface area (Å²) < 4.78 is 41.2. The van der Waals surface area contributed by atoms with Crippen LogP contribution in [0.4, 0.5) is 24.5 Å². The summed E-state index contributed by atoms with van der Waals surface area (Å²) in [5.41, 5.74) is 3.77. The Labute approximate surface area is 230 Å². The maximum absolute atomic E-state index is 13.3. The van der Waals surface area contributed by atoms with Gasteiger partial charge in [-0.1, -0.05) is 30.3 Å². The molecule has 0 radical (unpaired) electrons. The number of rotatable bonds is 5. The zero-order valence-corrected chi connectivity index (χ0v) is 22.0. The van der Waals surface area contributed by atoms with Gasteiger partial charge in [0, 0.05) is 50.2 Å². The topological polar surface area (TPSA) is 56.3 Å². The molecule has 2 amide bonds. The Bertz CT molecular complexity index is 1420. The van der Waals surface area contributed by atoms with Gasteiger partial charge < -0.3 is 24.3 Å². The van der Waals surface area contributed by atoms with E-state index in [0.29, 0.717) is 50.3 Å². The Morgan fingerprint density at radius 1 is 0.900 bits per heavy atom. The molecule has 3 heterocycles. The molecule has 10 heteroatoms. The second kappa shape index (κ2) is 9.76. The SMILES string of the molecule is CN1CN(c2ccccc2)C2(CCN(c3ccc4c(c3)CN(Cc3ccc(OC(F)(F)F)cc3)C4=O)CC2)C1=O. The second-order valence-corrected chi connectivity index (χ2v) is 10.6. The lowest BCUT2D eigenvalue weighted by Crippen LogP contribution is -2.56. The Kier molecular flexibility index (Phi) is 6.35. The number of para-hydroxylation sites is 1. The molecule has 0 aromatic heterocycles. The number of nitrogens with zero attached hydrogens (tertiary/aromatic N) is 4. The van der Waals surface area contributed by atoms with Gasteiger partial charge in [0.2, 0.25) is 5.91 Å². The molecule has 0 unspecified atom stereocenters. The Balaban J connectivity index is 1.13. The number of hydrogen-bond donors (Lipinski definition) is 0. The largest absolute Gasteiger partial charge is 0.573 e. The molecular weight excluding hydrogens is 521 g/mol. The summed E-state index contributed by atoms with van der Waals surface area (Å²) >= 11 is 0. The van der Waals surface area contributed by atoms with E-state index >= 15 is 0 Å². The number of amides is 2. The fraction of sp³-hybridized carbons (Fsp3) is 0.333. The van der Waals surface area contributed by atoms with E-state index in [1.165, 1.54) is 24.3 Å². The van der Waals surface area contributed by atoms with Crippen LogP contribution in [0.25, 0.3) is 0 Å². The van der Waals surface area contributed by atoms with E-state index in [0.717, 1.165) is 16.9 Å². The average molecular weight is 551 g/mol. The molecule has 0 aliphatic carbocycles. The third-order valence-corrected chi connectivity index (χ3v) is 8.14. The number of piperidine rings is 1. The van der Waals surface area contributed by atoms with Gasteiger partial charge in [0.25, 0.3) is 5.91 Å². The summed E-state index contributed by atoms with van der Waals surface area (Å²) in [6.45, 7) is 2.70. The van der Waals surface area contributed by atoms with Crippen LogP contribution in [0.1, 0.15) is 34.3 Å². The molecular formula is C30H29F3N4O3. The van der Waals surface area contributed by atoms with Crippen LogP contribution in [0.5, 0.6) is 5.75 Å². The van der Waals surface area contributed by atoms with Crippen molar-refractivity contribution < 1.29 is 27.5 Å². The Morgan fingerprint density at radius 2 is 1.60 bits per heavy atom. The fourth-order valence-corrected chi connectivity index (χ4v) is 6.15. The van der Waals surface area contributed by atoms with Crippen molar-refractivity contribution in [2.75, 3.05) is 36.6 Å². The first-order valence-electron chi connectivity index (χ1n) is 13.2. The van der Waals surface area contributed by atoms with Crippen LogP contribution in [0.15, 0.2) is 72.8 Å². The molecule has 0 saturated carbocycles. The standard InChI is InChI=1S/C30H29F3N4O3/c1-34-20-37(23-5-3-2-4-6-23)29(28(34)39)13-15-35(16-14-29)24-9-12-26-22(17-24)19-36(27(26)38)18-21-7-10-25(11-8-21)40-30(31,32)33/h2-12,17H,13-16,18-20H2,1H3. The van der Waals surface area contributed by atoms with Crippen LogP contribution < -0.4 is 14.5 Å². The highest BCUT2D eigenvalue weighted by Crippen LogP contribution is 2.40. The van der Waals surface area contributed by atoms with Crippen molar-refractivity contribution in [2.45, 2.75) is 37.8 Å². The smallest absolute Gasteiger partial charge is 0.406 e. The molecule has 0 N–H and O–H groups in total. The van der Waals surface area contributed by atoms with Gasteiger partial charge in [0.05, 0.1) is 6.67 Å². The molecule has 6 rings (SSSR count). The van der Waals surface area contributed by atoms with Crippen LogP contribution >= 0.6 is 0 Å². The van der Waals surface area contributed by atoms with E-state index in [1.807, 2.05) is 43.4 Å². The van der Waals surface area contributed by atoms with Gasteiger partial charge in [0.15, 0.2) is 0 Å². The number of benzene rings is 3. The number of alkyl halides is 3. The number of carbonyl (C=O) groups is 2. The van der Waals surface area contributed by atoms with E-state index in [9.17, 15) is 22.8 Å². The van der Waals surface area contributed by atoms with Crippen LogP contribution in [-0.2, 0) is 17.9 Å². The molecule has 3 aromatic rings. The van der Waals surface area contributed by atoms with Crippen LogP contribution in [-0.4, -0.2) is 60.3 Å². The minimum Gasteiger partial charge on any atom is -0.406 e. The van der Waals surface area contributed by atoms with Crippen LogP contribution in [0, 0.1) is 0 Å². The summed E-state index contributed by atoms with van der Waals surface area (Å²) in [6.07, 6.45) is -3.35. The first kappa shape index (κ1) is 26.0. The first-order valence-corrected chi connectivity index (χ1v) is 13.2. The summed E-state index contributed by atoms with van der Waals surface area (Å²) in [5, 5.41) is 0. The van der Waals surface area contributed by atoms with E-state index in [2.05, 4.69) is 26.7 Å². The van der Waals surface area contributed by atoms with Gasteiger partial charge in [-0.2, -0.15) is 0 Å². The lowest BCUT2D eigenvalue weighted by atomic mass is 9.85. The number of ether oxygens (including phenoxy) is 1. The summed E-state index contributed by atoms with van der Waals surface area (Å²) in [6, 6.07) is 21.5. The molecule has 7 nitrogen and oxygen atoms in total. The zero-order chi connectivity index (χ0) is 28.1. The lowest BCUT2D eigenvalue weighted by molar-refractivity contribution is -0.274. The molecule has 3 aromatic carbocycles. The van der Waals surface area contributed by atoms with E-state index in [-0.39, 0.29) is 24.1 Å². The predicted molar refractivity (Wildman–Crippen MR) is 144 cm³/mol. The van der Waals surface area contributed by atoms with Gasteiger partial charge in [0.1, 0.15) is 11.3 Å². The van der Waals surface area contributed by atoms with Gasteiger partial charge in [-0.3, -0.25) is 9.59 Å². The molecule has 208 valence electrons. The highest BCUT2D eigenvalue weighted by molar-refractivity contribution is 5.99. The molecule has 40 heavy (non-hydrogen) atoms. The molecule has 0 atom stereocenters. The maximum atomic E-state index is 13.3. The van der Waals surface area contributed by atoms with Gasteiger partial charge in [-0.25, -0.2) is 0 Å². The van der Waals surface area contributed by atoms with Gasteiger partial charge >= 0.3 is 6.36 Å². The number of carbonyl (C=O) groups excluding carboxylic acids is 2. The van der Waals surface area contributed by atoms with Crippen LogP contribution in [0.2, 0.25) is 0 Å². The molecule has 2 saturated heterocycles. The molecule has 3 aliphatic heterocycles. The highest BCUT2D eigenvalue weighted by Gasteiger charge is 2.52. The molecule has 3 aliphatic rings. The molecule has 2 fully saturated rings. The third-order valence-electron chi connectivity index (χ3n) is 8.14. The van der Waals surface area contributed by atoms with Crippen molar-refractivity contribution in [2.24, 2.45) is 0 Å². The lowest BCUT2D eigenvalue weighted by Gasteiger charge is -2.44. The Hall–Kier alpha value is -4.21. The number of fused-ring (bicyclic) bond motifs is 1. The van der Waals surface area contributed by atoms with Gasteiger partial charge in [-0.05, 0) is 66.4 Å². The third kappa shape index (κ3) is 4.71. The van der Waals surface area contributed by atoms with Crippen molar-refractivity contribution >= 4 is 23.2 Å². The van der Waals surface area contributed by atoms with E-state index in [1.54, 1.807) is 9.80 Å². The summed E-state index contributed by atoms with van der Waals surface area (Å²) in [5.74, 6) is -0.241. The van der Waals surface area contributed by atoms with Gasteiger partial charge in [-0.15, -0.1) is 13.2 Å². The second-order valence-electron chi connectivity index (χ2n) is 10.6. The van der Waals surface area contributed by atoms with E-state index < -0.39 is 11.9 Å². The minimum absolute atomic E-state index is 0.104. The average Bonchev–Trinajstić information content (AvgIpc) is 3.38. The Morgan fingerprint density at radius 3 is 2.27 bits per heavy atom. The monoisotopic (exact) mass is 550 g/mol. The number of halogens is 3. The maximum Gasteiger partial charge on any atom is 0.573 e. The fourth-order valence-electron chi connectivity index (χ4n) is 6.15. The molecule has 0 bridgehead atoms. The van der Waals surface area contributed by atoms with E-state index in [4.69, 9.17) is 0 Å². The normalized spacial score (nSPS) is 18.6.